The lowest BCUT2D eigenvalue weighted by molar-refractivity contribution is -0.832. The van der Waals surface area contributed by atoms with Crippen molar-refractivity contribution in [3.63, 3.8) is 0 Å². The molecule has 4 aromatic carbocycles. The summed E-state index contributed by atoms with van der Waals surface area (Å²) in [6.45, 7) is -0.234. The zero-order valence-electron chi connectivity index (χ0n) is 20.6. The monoisotopic (exact) mass is 546 g/mol. The summed E-state index contributed by atoms with van der Waals surface area (Å²) in [5.41, 5.74) is 0.876. The average Bonchev–Trinajstić information content (AvgIpc) is 3.35. The van der Waals surface area contributed by atoms with Gasteiger partial charge in [-0.1, -0.05) is 54.6 Å². The Morgan fingerprint density at radius 3 is 2.31 bits per heavy atom. The molecule has 0 bridgehead atoms. The van der Waals surface area contributed by atoms with E-state index < -0.39 is 20.7 Å². The second kappa shape index (κ2) is 10.8. The highest BCUT2D eigenvalue weighted by Crippen LogP contribution is 2.27. The van der Waals surface area contributed by atoms with Gasteiger partial charge in [-0.2, -0.15) is 0 Å². The van der Waals surface area contributed by atoms with E-state index in [1.807, 2.05) is 36.4 Å². The Morgan fingerprint density at radius 2 is 1.54 bits per heavy atom. The molecule has 0 saturated carbocycles. The van der Waals surface area contributed by atoms with E-state index >= 15 is 0 Å². The Hall–Kier alpha value is -4.90. The maximum atomic E-state index is 13.2. The van der Waals surface area contributed by atoms with Crippen molar-refractivity contribution in [2.24, 2.45) is 0 Å². The van der Waals surface area contributed by atoms with Crippen LogP contribution in [-0.2, 0) is 9.84 Å². The SMILES string of the molecule is COc1cc(OCCOc2no[n+]([O-])c2S(=O)(=O)c2ccccc2)cc(C(=O)c2ccc3ccccc3c2)c1. The lowest BCUT2D eigenvalue weighted by Crippen LogP contribution is -2.31. The van der Waals surface area contributed by atoms with E-state index in [4.69, 9.17) is 14.2 Å². The third-order valence-electron chi connectivity index (χ3n) is 5.84. The van der Waals surface area contributed by atoms with E-state index in [9.17, 15) is 18.4 Å². The molecular formula is C28H22N2O8S. The minimum atomic E-state index is -4.24. The first-order chi connectivity index (χ1) is 18.9. The molecule has 39 heavy (non-hydrogen) atoms. The van der Waals surface area contributed by atoms with Crippen molar-refractivity contribution in [1.29, 1.82) is 0 Å². The highest BCUT2D eigenvalue weighted by Gasteiger charge is 2.35. The number of fused-ring (bicyclic) bond motifs is 1. The van der Waals surface area contributed by atoms with Crippen LogP contribution in [0.5, 0.6) is 17.4 Å². The summed E-state index contributed by atoms with van der Waals surface area (Å²) in [6, 6.07) is 25.4. The molecular weight excluding hydrogens is 524 g/mol. The Kier molecular flexibility index (Phi) is 7.15. The molecule has 0 saturated heterocycles. The summed E-state index contributed by atoms with van der Waals surface area (Å²) < 4.78 is 46.7. The molecule has 5 rings (SSSR count). The molecule has 198 valence electrons. The number of hydrogen-bond acceptors (Lipinski definition) is 9. The van der Waals surface area contributed by atoms with Crippen molar-refractivity contribution in [2.75, 3.05) is 20.3 Å². The van der Waals surface area contributed by atoms with Gasteiger partial charge in [-0.05, 0) is 46.0 Å². The molecule has 0 fully saturated rings. The summed E-state index contributed by atoms with van der Waals surface area (Å²) in [5.74, 6) is 0.0466. The number of sulfone groups is 1. The maximum absolute atomic E-state index is 13.2. The van der Waals surface area contributed by atoms with Crippen molar-refractivity contribution < 1.29 is 37.0 Å². The smallest absolute Gasteiger partial charge is 0.415 e. The highest BCUT2D eigenvalue weighted by molar-refractivity contribution is 7.91. The van der Waals surface area contributed by atoms with Crippen LogP contribution in [0.25, 0.3) is 10.8 Å². The van der Waals surface area contributed by atoms with Gasteiger partial charge in [-0.25, -0.2) is 8.42 Å². The Balaban J connectivity index is 1.29. The fourth-order valence-electron chi connectivity index (χ4n) is 3.94. The lowest BCUT2D eigenvalue weighted by atomic mass is 9.99. The first-order valence-electron chi connectivity index (χ1n) is 11.7. The number of nitrogens with zero attached hydrogens (tertiary/aromatic N) is 2. The summed E-state index contributed by atoms with van der Waals surface area (Å²) in [4.78, 5) is 12.9. The van der Waals surface area contributed by atoms with Crippen LogP contribution in [-0.4, -0.2) is 39.7 Å². The minimum absolute atomic E-state index is 0.0622. The predicted molar refractivity (Wildman–Crippen MR) is 139 cm³/mol. The molecule has 11 heteroatoms. The first-order valence-corrected chi connectivity index (χ1v) is 13.2. The molecule has 0 aliphatic rings. The molecule has 0 amide bonds. The average molecular weight is 547 g/mol. The van der Waals surface area contributed by atoms with Crippen molar-refractivity contribution in [1.82, 2.24) is 5.16 Å². The first kappa shape index (κ1) is 25.7. The number of aromatic nitrogens is 2. The fourth-order valence-corrected chi connectivity index (χ4v) is 5.23. The van der Waals surface area contributed by atoms with Gasteiger partial charge in [0.05, 0.1) is 17.2 Å². The van der Waals surface area contributed by atoms with Gasteiger partial charge in [-0.15, -0.1) is 0 Å². The summed E-state index contributed by atoms with van der Waals surface area (Å²) in [6.07, 6.45) is 0. The molecule has 0 radical (unpaired) electrons. The largest absolute Gasteiger partial charge is 0.497 e. The second-order valence-electron chi connectivity index (χ2n) is 8.34. The highest BCUT2D eigenvalue weighted by atomic mass is 32.2. The van der Waals surface area contributed by atoms with Crippen LogP contribution in [0, 0.1) is 5.21 Å². The number of carbonyl (C=O) groups excluding carboxylic acids is 1. The van der Waals surface area contributed by atoms with Crippen molar-refractivity contribution in [2.45, 2.75) is 9.92 Å². The molecule has 10 nitrogen and oxygen atoms in total. The van der Waals surface area contributed by atoms with Gasteiger partial charge < -0.3 is 19.4 Å². The maximum Gasteiger partial charge on any atom is 0.415 e. The number of rotatable bonds is 10. The normalized spacial score (nSPS) is 11.3. The van der Waals surface area contributed by atoms with Crippen molar-refractivity contribution >= 4 is 26.4 Å². The van der Waals surface area contributed by atoms with Crippen LogP contribution in [0.1, 0.15) is 15.9 Å². The summed E-state index contributed by atoms with van der Waals surface area (Å²) in [5, 5.41) is 16.7. The van der Waals surface area contributed by atoms with Crippen LogP contribution < -0.4 is 19.1 Å². The van der Waals surface area contributed by atoms with Gasteiger partial charge >= 0.3 is 10.9 Å². The van der Waals surface area contributed by atoms with Gasteiger partial charge in [-0.3, -0.25) is 9.42 Å². The third kappa shape index (κ3) is 5.39. The molecule has 0 aliphatic carbocycles. The van der Waals surface area contributed by atoms with Crippen LogP contribution in [0.4, 0.5) is 0 Å². The number of hydrogen-bond donors (Lipinski definition) is 0. The molecule has 0 spiro atoms. The molecule has 1 aromatic heterocycles. The van der Waals surface area contributed by atoms with Gasteiger partial charge in [0.25, 0.3) is 9.84 Å². The molecule has 5 aromatic rings. The van der Waals surface area contributed by atoms with Crippen LogP contribution in [0.15, 0.2) is 106 Å². The van der Waals surface area contributed by atoms with Gasteiger partial charge in [0.1, 0.15) is 24.7 Å². The van der Waals surface area contributed by atoms with E-state index in [1.54, 1.807) is 30.3 Å². The third-order valence-corrected chi connectivity index (χ3v) is 7.56. The van der Waals surface area contributed by atoms with Gasteiger partial charge in [0, 0.05) is 17.2 Å². The Morgan fingerprint density at radius 1 is 0.846 bits per heavy atom. The number of ketones is 1. The zero-order chi connectivity index (χ0) is 27.4. The van der Waals surface area contributed by atoms with E-state index in [1.165, 1.54) is 31.4 Å². The van der Waals surface area contributed by atoms with E-state index in [-0.39, 0.29) is 28.8 Å². The van der Waals surface area contributed by atoms with E-state index in [0.29, 0.717) is 22.6 Å². The molecule has 0 atom stereocenters. The summed E-state index contributed by atoms with van der Waals surface area (Å²) >= 11 is 0. The minimum Gasteiger partial charge on any atom is -0.497 e. The number of methoxy groups -OCH3 is 1. The molecule has 1 heterocycles. The predicted octanol–water partition coefficient (Wildman–Crippen LogP) is 3.99. The van der Waals surface area contributed by atoms with E-state index in [0.717, 1.165) is 10.8 Å². The van der Waals surface area contributed by atoms with Gasteiger partial charge in [0.2, 0.25) is 0 Å². The quantitative estimate of drug-likeness (QED) is 0.145. The fraction of sp³-hybridized carbons (Fsp3) is 0.107. The topological polar surface area (TPSA) is 132 Å². The molecule has 0 N–H and O–H groups in total. The number of benzene rings is 4. The Bertz CT molecular complexity index is 1750. The van der Waals surface area contributed by atoms with Crippen LogP contribution in [0.2, 0.25) is 0 Å². The zero-order valence-corrected chi connectivity index (χ0v) is 21.5. The number of carbonyl (C=O) groups is 1. The van der Waals surface area contributed by atoms with Gasteiger partial charge in [0.15, 0.2) is 5.78 Å². The van der Waals surface area contributed by atoms with Crippen LogP contribution in [0.3, 0.4) is 0 Å². The Labute approximate surface area is 223 Å². The second-order valence-corrected chi connectivity index (χ2v) is 10.2. The standard InChI is InChI=1S/C28H22N2O8S/c1-35-23-16-22(26(31)21-12-11-19-7-5-6-8-20(19)15-21)17-24(18-23)36-13-14-37-27-28(30(32)38-29-27)39(33,34)25-9-3-2-4-10-25/h2-12,15-18H,13-14H2,1H3. The lowest BCUT2D eigenvalue weighted by Gasteiger charge is -2.11. The molecule has 0 aliphatic heterocycles. The van der Waals surface area contributed by atoms with Crippen molar-refractivity contribution in [3.8, 4) is 17.4 Å². The van der Waals surface area contributed by atoms with Crippen molar-refractivity contribution in [3.05, 3.63) is 107 Å². The van der Waals surface area contributed by atoms with Crippen LogP contribution >= 0.6 is 0 Å². The number of ether oxygens (including phenoxy) is 3. The van der Waals surface area contributed by atoms with E-state index in [2.05, 4.69) is 9.79 Å². The summed E-state index contributed by atoms with van der Waals surface area (Å²) in [7, 11) is -2.76. The molecule has 0 unspecified atom stereocenters.